The fraction of sp³-hybridized carbons (Fsp3) is 0.250. The van der Waals surface area contributed by atoms with E-state index < -0.39 is 36.1 Å². The van der Waals surface area contributed by atoms with Crippen molar-refractivity contribution in [2.24, 2.45) is 0 Å². The van der Waals surface area contributed by atoms with Crippen molar-refractivity contribution < 1.29 is 32.3 Å². The van der Waals surface area contributed by atoms with Crippen molar-refractivity contribution in [3.63, 3.8) is 0 Å². The maximum Gasteiger partial charge on any atom is 0.405 e. The first-order valence-electron chi connectivity index (χ1n) is 3.97. The molecule has 5 nitrogen and oxygen atoms in total. The molecule has 0 unspecified atom stereocenters. The minimum atomic E-state index is -4.53. The summed E-state index contributed by atoms with van der Waals surface area (Å²) in [5, 5.41) is 9.97. The zero-order chi connectivity index (χ0) is 12.3. The molecule has 0 aromatic carbocycles. The normalized spacial score (nSPS) is 11.2. The maximum absolute atomic E-state index is 11.7. The number of rotatable bonds is 3. The Morgan fingerprint density at radius 3 is 2.31 bits per heavy atom. The topological polar surface area (TPSA) is 79.5 Å². The number of hydrogen-bond donors (Lipinski definition) is 2. The first-order chi connectivity index (χ1) is 7.29. The molecule has 1 rings (SSSR count). The van der Waals surface area contributed by atoms with Crippen molar-refractivity contribution in [2.45, 2.75) is 6.18 Å². The Bertz CT molecular complexity index is 410. The number of amides is 1. The lowest BCUT2D eigenvalue weighted by atomic mass is 10.4. The number of nitrogens with one attached hydrogen (secondary N) is 1. The van der Waals surface area contributed by atoms with E-state index in [2.05, 4.69) is 4.42 Å². The summed E-state index contributed by atoms with van der Waals surface area (Å²) in [6, 6.07) is 1.96. The highest BCUT2D eigenvalue weighted by molar-refractivity contribution is 5.93. The van der Waals surface area contributed by atoms with Gasteiger partial charge >= 0.3 is 12.1 Å². The quantitative estimate of drug-likeness (QED) is 0.829. The highest BCUT2D eigenvalue weighted by atomic mass is 19.4. The van der Waals surface area contributed by atoms with E-state index in [4.69, 9.17) is 5.11 Å². The molecular formula is C8H6F3NO4. The van der Waals surface area contributed by atoms with Crippen molar-refractivity contribution in [1.29, 1.82) is 0 Å². The molecule has 0 atom stereocenters. The Morgan fingerprint density at radius 2 is 1.88 bits per heavy atom. The van der Waals surface area contributed by atoms with Gasteiger partial charge in [0.2, 0.25) is 5.76 Å². The molecule has 0 saturated heterocycles. The van der Waals surface area contributed by atoms with Gasteiger partial charge in [0, 0.05) is 0 Å². The van der Waals surface area contributed by atoms with Gasteiger partial charge in [-0.25, -0.2) is 4.79 Å². The lowest BCUT2D eigenvalue weighted by Gasteiger charge is -2.06. The molecule has 0 aliphatic rings. The smallest absolute Gasteiger partial charge is 0.405 e. The van der Waals surface area contributed by atoms with Gasteiger partial charge < -0.3 is 14.8 Å². The van der Waals surface area contributed by atoms with E-state index in [0.717, 1.165) is 12.1 Å². The zero-order valence-corrected chi connectivity index (χ0v) is 7.67. The molecule has 0 saturated carbocycles. The number of halogens is 3. The van der Waals surface area contributed by atoms with Crippen LogP contribution in [0.1, 0.15) is 21.1 Å². The van der Waals surface area contributed by atoms with Crippen molar-refractivity contribution in [2.75, 3.05) is 6.54 Å². The van der Waals surface area contributed by atoms with Gasteiger partial charge in [0.25, 0.3) is 5.91 Å². The number of furan rings is 1. The van der Waals surface area contributed by atoms with Crippen LogP contribution in [0, 0.1) is 0 Å². The summed E-state index contributed by atoms with van der Waals surface area (Å²) in [4.78, 5) is 21.4. The third-order valence-electron chi connectivity index (χ3n) is 1.49. The van der Waals surface area contributed by atoms with Crippen molar-refractivity contribution in [3.05, 3.63) is 23.7 Å². The fourth-order valence-corrected chi connectivity index (χ4v) is 0.842. The predicted octanol–water partition coefficient (Wildman–Crippen LogP) is 1.27. The van der Waals surface area contributed by atoms with Crippen LogP contribution in [0.25, 0.3) is 0 Å². The molecule has 0 bridgehead atoms. The molecule has 0 aliphatic heterocycles. The second-order valence-corrected chi connectivity index (χ2v) is 2.77. The Morgan fingerprint density at radius 1 is 1.31 bits per heavy atom. The maximum atomic E-state index is 11.7. The number of alkyl halides is 3. The lowest BCUT2D eigenvalue weighted by Crippen LogP contribution is -2.33. The van der Waals surface area contributed by atoms with E-state index in [9.17, 15) is 22.8 Å². The van der Waals surface area contributed by atoms with Crippen LogP contribution in [0.2, 0.25) is 0 Å². The molecule has 88 valence electrons. The second kappa shape index (κ2) is 4.25. The summed E-state index contributed by atoms with van der Waals surface area (Å²) in [6.07, 6.45) is -4.53. The molecule has 0 spiro atoms. The van der Waals surface area contributed by atoms with Crippen LogP contribution in [0.5, 0.6) is 0 Å². The molecule has 1 heterocycles. The first-order valence-corrected chi connectivity index (χ1v) is 3.97. The van der Waals surface area contributed by atoms with Gasteiger partial charge in [-0.1, -0.05) is 0 Å². The van der Waals surface area contributed by atoms with Crippen LogP contribution in [-0.4, -0.2) is 29.7 Å². The Kier molecular flexibility index (Phi) is 3.21. The molecule has 0 aliphatic carbocycles. The standard InChI is InChI=1S/C8H6F3NO4/c9-8(10,11)3-12-6(13)4-1-2-5(16-4)7(14)15/h1-2H,3H2,(H,12,13)(H,14,15). The molecule has 1 aromatic heterocycles. The molecule has 0 radical (unpaired) electrons. The molecule has 8 heteroatoms. The average Bonchev–Trinajstić information content (AvgIpc) is 2.61. The summed E-state index contributed by atoms with van der Waals surface area (Å²) in [5.41, 5.74) is 0. The number of carbonyl (C=O) groups excluding carboxylic acids is 1. The highest BCUT2D eigenvalue weighted by Gasteiger charge is 2.28. The first kappa shape index (κ1) is 12.1. The van der Waals surface area contributed by atoms with Crippen LogP contribution < -0.4 is 5.32 Å². The van der Waals surface area contributed by atoms with Gasteiger partial charge in [0.15, 0.2) is 5.76 Å². The molecule has 1 aromatic rings. The summed E-state index contributed by atoms with van der Waals surface area (Å²) >= 11 is 0. The number of aromatic carboxylic acids is 1. The van der Waals surface area contributed by atoms with E-state index in [1.807, 2.05) is 0 Å². The SMILES string of the molecule is O=C(O)c1ccc(C(=O)NCC(F)(F)F)o1. The van der Waals surface area contributed by atoms with Gasteiger partial charge in [-0.05, 0) is 12.1 Å². The van der Waals surface area contributed by atoms with Gasteiger partial charge in [-0.3, -0.25) is 4.79 Å². The summed E-state index contributed by atoms with van der Waals surface area (Å²) in [7, 11) is 0. The van der Waals surface area contributed by atoms with Crippen LogP contribution >= 0.6 is 0 Å². The van der Waals surface area contributed by atoms with E-state index in [0.29, 0.717) is 0 Å². The molecular weight excluding hydrogens is 231 g/mol. The van der Waals surface area contributed by atoms with E-state index in [1.54, 1.807) is 5.32 Å². The number of carbonyl (C=O) groups is 2. The lowest BCUT2D eigenvalue weighted by molar-refractivity contribution is -0.123. The second-order valence-electron chi connectivity index (χ2n) is 2.77. The Balaban J connectivity index is 2.63. The Hall–Kier alpha value is -1.99. The largest absolute Gasteiger partial charge is 0.475 e. The summed E-state index contributed by atoms with van der Waals surface area (Å²) in [6.45, 7) is -1.51. The third-order valence-corrected chi connectivity index (χ3v) is 1.49. The van der Waals surface area contributed by atoms with Crippen LogP contribution in [0.4, 0.5) is 13.2 Å². The molecule has 2 N–H and O–H groups in total. The minimum Gasteiger partial charge on any atom is -0.475 e. The fourth-order valence-electron chi connectivity index (χ4n) is 0.842. The third kappa shape index (κ3) is 3.30. The van der Waals surface area contributed by atoms with E-state index in [1.165, 1.54) is 0 Å². The van der Waals surface area contributed by atoms with Gasteiger partial charge in [-0.2, -0.15) is 13.2 Å². The number of carboxylic acids is 1. The average molecular weight is 237 g/mol. The number of carboxylic acid groups (broad SMARTS) is 1. The van der Waals surface area contributed by atoms with Crippen LogP contribution in [0.3, 0.4) is 0 Å². The van der Waals surface area contributed by atoms with Gasteiger partial charge in [0.05, 0.1) is 0 Å². The van der Waals surface area contributed by atoms with Crippen molar-refractivity contribution in [3.8, 4) is 0 Å². The Labute approximate surface area is 86.8 Å². The van der Waals surface area contributed by atoms with Crippen molar-refractivity contribution in [1.82, 2.24) is 5.32 Å². The van der Waals surface area contributed by atoms with E-state index in [-0.39, 0.29) is 0 Å². The highest BCUT2D eigenvalue weighted by Crippen LogP contribution is 2.13. The predicted molar refractivity (Wildman–Crippen MR) is 44.1 cm³/mol. The van der Waals surface area contributed by atoms with E-state index >= 15 is 0 Å². The van der Waals surface area contributed by atoms with Crippen LogP contribution in [0.15, 0.2) is 16.5 Å². The van der Waals surface area contributed by atoms with Crippen LogP contribution in [-0.2, 0) is 0 Å². The molecule has 0 fully saturated rings. The van der Waals surface area contributed by atoms with Crippen molar-refractivity contribution >= 4 is 11.9 Å². The monoisotopic (exact) mass is 237 g/mol. The van der Waals surface area contributed by atoms with Gasteiger partial charge in [-0.15, -0.1) is 0 Å². The molecule has 1 amide bonds. The van der Waals surface area contributed by atoms with Gasteiger partial charge in [0.1, 0.15) is 6.54 Å². The molecule has 16 heavy (non-hydrogen) atoms. The summed E-state index contributed by atoms with van der Waals surface area (Å²) < 4.78 is 39.7. The minimum absolute atomic E-state index is 0.485. The summed E-state index contributed by atoms with van der Waals surface area (Å²) in [5.74, 6) is -3.53. The number of hydrogen-bond acceptors (Lipinski definition) is 3. The zero-order valence-electron chi connectivity index (χ0n) is 7.67.